The lowest BCUT2D eigenvalue weighted by Gasteiger charge is -2.42. The van der Waals surface area contributed by atoms with Crippen molar-refractivity contribution in [2.75, 3.05) is 13.1 Å². The highest BCUT2D eigenvalue weighted by atomic mass is 16.1. The molecule has 0 unspecified atom stereocenters. The van der Waals surface area contributed by atoms with Gasteiger partial charge >= 0.3 is 0 Å². The maximum absolute atomic E-state index is 11.7. The highest BCUT2D eigenvalue weighted by Gasteiger charge is 2.35. The normalized spacial score (nSPS) is 17.2. The smallest absolute Gasteiger partial charge is 0.220 e. The van der Waals surface area contributed by atoms with E-state index < -0.39 is 0 Å². The molecule has 1 fully saturated rings. The van der Waals surface area contributed by atoms with Crippen molar-refractivity contribution in [2.45, 2.75) is 71.1 Å². The molecule has 0 saturated heterocycles. The molecule has 0 radical (unpaired) electrons. The summed E-state index contributed by atoms with van der Waals surface area (Å²) in [5.74, 6) is 0.241. The third-order valence-electron chi connectivity index (χ3n) is 4.21. The minimum Gasteiger partial charge on any atom is -0.356 e. The van der Waals surface area contributed by atoms with Gasteiger partial charge in [-0.15, -0.1) is 0 Å². The Balaban J connectivity index is 2.05. The molecule has 0 aliphatic heterocycles. The standard InChI is InChI=1S/C15H30N2O/c1-2-9-15(10-7-11-15)13-17-14(18)8-5-3-4-6-12-16/h2-13,16H2,1H3,(H,17,18). The summed E-state index contributed by atoms with van der Waals surface area (Å²) in [7, 11) is 0. The van der Waals surface area contributed by atoms with Crippen LogP contribution in [0.4, 0.5) is 0 Å². The number of hydrogen-bond donors (Lipinski definition) is 2. The Hall–Kier alpha value is -0.570. The van der Waals surface area contributed by atoms with Gasteiger partial charge in [0.25, 0.3) is 0 Å². The van der Waals surface area contributed by atoms with Crippen LogP contribution in [0.3, 0.4) is 0 Å². The lowest BCUT2D eigenvalue weighted by Crippen LogP contribution is -2.42. The van der Waals surface area contributed by atoms with E-state index in [-0.39, 0.29) is 5.91 Å². The van der Waals surface area contributed by atoms with Crippen molar-refractivity contribution < 1.29 is 4.79 Å². The summed E-state index contributed by atoms with van der Waals surface area (Å²) in [4.78, 5) is 11.7. The number of carbonyl (C=O) groups is 1. The molecule has 0 aromatic rings. The molecular weight excluding hydrogens is 224 g/mol. The fraction of sp³-hybridized carbons (Fsp3) is 0.933. The van der Waals surface area contributed by atoms with Crippen molar-refractivity contribution in [3.05, 3.63) is 0 Å². The van der Waals surface area contributed by atoms with Crippen LogP contribution >= 0.6 is 0 Å². The fourth-order valence-electron chi connectivity index (χ4n) is 2.88. The third-order valence-corrected chi connectivity index (χ3v) is 4.21. The van der Waals surface area contributed by atoms with E-state index in [1.54, 1.807) is 0 Å². The molecule has 1 saturated carbocycles. The average Bonchev–Trinajstić information content (AvgIpc) is 2.32. The van der Waals surface area contributed by atoms with Crippen LogP contribution in [0.15, 0.2) is 0 Å². The zero-order valence-electron chi connectivity index (χ0n) is 12.0. The van der Waals surface area contributed by atoms with Gasteiger partial charge in [-0.2, -0.15) is 0 Å². The molecule has 3 nitrogen and oxygen atoms in total. The molecule has 18 heavy (non-hydrogen) atoms. The maximum atomic E-state index is 11.7. The number of hydrogen-bond acceptors (Lipinski definition) is 2. The van der Waals surface area contributed by atoms with Gasteiger partial charge < -0.3 is 11.1 Å². The Morgan fingerprint density at radius 3 is 2.50 bits per heavy atom. The lowest BCUT2D eigenvalue weighted by atomic mass is 9.66. The first-order valence-electron chi connectivity index (χ1n) is 7.69. The van der Waals surface area contributed by atoms with E-state index in [1.165, 1.54) is 32.1 Å². The van der Waals surface area contributed by atoms with E-state index in [0.29, 0.717) is 11.8 Å². The van der Waals surface area contributed by atoms with Crippen LogP contribution in [0.1, 0.15) is 71.1 Å². The van der Waals surface area contributed by atoms with Crippen LogP contribution < -0.4 is 11.1 Å². The van der Waals surface area contributed by atoms with Crippen LogP contribution in [-0.4, -0.2) is 19.0 Å². The molecule has 0 atom stereocenters. The van der Waals surface area contributed by atoms with Gasteiger partial charge in [-0.25, -0.2) is 0 Å². The van der Waals surface area contributed by atoms with Gasteiger partial charge in [0, 0.05) is 13.0 Å². The zero-order valence-corrected chi connectivity index (χ0v) is 12.0. The average molecular weight is 254 g/mol. The Morgan fingerprint density at radius 1 is 1.22 bits per heavy atom. The van der Waals surface area contributed by atoms with Crippen LogP contribution in [0.5, 0.6) is 0 Å². The second-order valence-corrected chi connectivity index (χ2v) is 5.83. The molecular formula is C15H30N2O. The summed E-state index contributed by atoms with van der Waals surface area (Å²) in [6.45, 7) is 3.91. The predicted molar refractivity (Wildman–Crippen MR) is 76.3 cm³/mol. The number of carbonyl (C=O) groups excluding carboxylic acids is 1. The molecule has 0 spiro atoms. The second kappa shape index (κ2) is 8.52. The number of amides is 1. The Labute approximate surface area is 112 Å². The minimum absolute atomic E-state index is 0.241. The largest absolute Gasteiger partial charge is 0.356 e. The minimum atomic E-state index is 0.241. The quantitative estimate of drug-likeness (QED) is 0.589. The molecule has 1 amide bonds. The zero-order chi connectivity index (χ0) is 13.3. The van der Waals surface area contributed by atoms with Crippen molar-refractivity contribution in [2.24, 2.45) is 11.1 Å². The van der Waals surface area contributed by atoms with Gasteiger partial charge in [-0.05, 0) is 44.1 Å². The first kappa shape index (κ1) is 15.5. The first-order chi connectivity index (χ1) is 8.72. The highest BCUT2D eigenvalue weighted by Crippen LogP contribution is 2.44. The molecule has 0 heterocycles. The van der Waals surface area contributed by atoms with Crippen LogP contribution in [0, 0.1) is 5.41 Å². The molecule has 106 valence electrons. The molecule has 1 aliphatic rings. The SMILES string of the molecule is CCCC1(CNC(=O)CCCCCCN)CCC1. The van der Waals surface area contributed by atoms with Gasteiger partial charge in [0.15, 0.2) is 0 Å². The summed E-state index contributed by atoms with van der Waals surface area (Å²) in [5, 5.41) is 3.14. The van der Waals surface area contributed by atoms with E-state index >= 15 is 0 Å². The lowest BCUT2D eigenvalue weighted by molar-refractivity contribution is -0.122. The number of unbranched alkanes of at least 4 members (excludes halogenated alkanes) is 3. The fourth-order valence-corrected chi connectivity index (χ4v) is 2.88. The third kappa shape index (κ3) is 5.38. The van der Waals surface area contributed by atoms with E-state index in [1.807, 2.05) is 0 Å². The summed E-state index contributed by atoms with van der Waals surface area (Å²) in [6.07, 6.45) is 11.5. The second-order valence-electron chi connectivity index (χ2n) is 5.83. The van der Waals surface area contributed by atoms with Crippen LogP contribution in [-0.2, 0) is 4.79 Å². The molecule has 0 bridgehead atoms. The highest BCUT2D eigenvalue weighted by molar-refractivity contribution is 5.75. The summed E-state index contributed by atoms with van der Waals surface area (Å²) in [5.41, 5.74) is 5.89. The van der Waals surface area contributed by atoms with E-state index in [0.717, 1.165) is 38.8 Å². The van der Waals surface area contributed by atoms with Gasteiger partial charge in [0.1, 0.15) is 0 Å². The van der Waals surface area contributed by atoms with E-state index in [9.17, 15) is 4.79 Å². The monoisotopic (exact) mass is 254 g/mol. The summed E-state index contributed by atoms with van der Waals surface area (Å²) in [6, 6.07) is 0. The van der Waals surface area contributed by atoms with E-state index in [2.05, 4.69) is 12.2 Å². The predicted octanol–water partition coefficient (Wildman–Crippen LogP) is 2.98. The maximum Gasteiger partial charge on any atom is 0.220 e. The van der Waals surface area contributed by atoms with Gasteiger partial charge in [-0.3, -0.25) is 4.79 Å². The van der Waals surface area contributed by atoms with Gasteiger partial charge in [0.2, 0.25) is 5.91 Å². The number of nitrogens with two attached hydrogens (primary N) is 1. The van der Waals surface area contributed by atoms with Crippen molar-refractivity contribution in [3.63, 3.8) is 0 Å². The van der Waals surface area contributed by atoms with Crippen LogP contribution in [0.2, 0.25) is 0 Å². The van der Waals surface area contributed by atoms with Gasteiger partial charge in [-0.1, -0.05) is 32.6 Å². The number of nitrogens with one attached hydrogen (secondary N) is 1. The topological polar surface area (TPSA) is 55.1 Å². The number of rotatable bonds is 10. The molecule has 3 heteroatoms. The van der Waals surface area contributed by atoms with E-state index in [4.69, 9.17) is 5.73 Å². The summed E-state index contributed by atoms with van der Waals surface area (Å²) < 4.78 is 0. The Kier molecular flexibility index (Phi) is 7.33. The van der Waals surface area contributed by atoms with Gasteiger partial charge in [0.05, 0.1) is 0 Å². The van der Waals surface area contributed by atoms with Crippen molar-refractivity contribution >= 4 is 5.91 Å². The Bertz CT molecular complexity index is 237. The molecule has 0 aromatic carbocycles. The molecule has 3 N–H and O–H groups in total. The Morgan fingerprint density at radius 2 is 1.94 bits per heavy atom. The van der Waals surface area contributed by atoms with Crippen molar-refractivity contribution in [1.82, 2.24) is 5.32 Å². The van der Waals surface area contributed by atoms with Crippen molar-refractivity contribution in [1.29, 1.82) is 0 Å². The molecule has 1 rings (SSSR count). The molecule has 0 aromatic heterocycles. The first-order valence-corrected chi connectivity index (χ1v) is 7.69. The summed E-state index contributed by atoms with van der Waals surface area (Å²) >= 11 is 0. The molecule has 1 aliphatic carbocycles. The van der Waals surface area contributed by atoms with Crippen LogP contribution in [0.25, 0.3) is 0 Å². The van der Waals surface area contributed by atoms with Crippen molar-refractivity contribution in [3.8, 4) is 0 Å².